The Hall–Kier alpha value is -4.06. The molecule has 2 atom stereocenters. The maximum atomic E-state index is 13.4. The maximum Gasteiger partial charge on any atom is 0.330 e. The number of likely N-dealkylation sites (tertiary alicyclic amines) is 1. The topological polar surface area (TPSA) is 182 Å². The molecule has 224 valence electrons. The molecule has 0 bridgehead atoms. The Bertz CT molecular complexity index is 1150. The predicted molar refractivity (Wildman–Crippen MR) is 148 cm³/mol. The van der Waals surface area contributed by atoms with Gasteiger partial charge in [0.15, 0.2) is 0 Å². The number of carbonyl (C=O) groups is 6. The van der Waals surface area contributed by atoms with Gasteiger partial charge in [0.25, 0.3) is 5.91 Å². The number of carboxylic acids is 1. The number of amides is 2. The highest BCUT2D eigenvalue weighted by atomic mass is 16.5. The Balaban J connectivity index is 2.19. The summed E-state index contributed by atoms with van der Waals surface area (Å²) in [4.78, 5) is 75.3. The van der Waals surface area contributed by atoms with E-state index >= 15 is 0 Å². The molecule has 2 amide bonds. The van der Waals surface area contributed by atoms with Gasteiger partial charge in [-0.3, -0.25) is 19.2 Å². The van der Waals surface area contributed by atoms with Crippen LogP contribution in [0.5, 0.6) is 0 Å². The van der Waals surface area contributed by atoms with Crippen LogP contribution in [0.15, 0.2) is 36.9 Å². The Morgan fingerprint density at radius 3 is 2.59 bits per heavy atom. The molecule has 2 rings (SSSR count). The molecule has 41 heavy (non-hydrogen) atoms. The van der Waals surface area contributed by atoms with E-state index in [-0.39, 0.29) is 26.0 Å². The van der Waals surface area contributed by atoms with E-state index in [1.165, 1.54) is 18.7 Å². The normalized spacial score (nSPS) is 15.8. The van der Waals surface area contributed by atoms with Gasteiger partial charge < -0.3 is 30.5 Å². The summed E-state index contributed by atoms with van der Waals surface area (Å²) in [5.41, 5.74) is 5.37. The van der Waals surface area contributed by atoms with Crippen LogP contribution in [0.4, 0.5) is 5.69 Å². The highest BCUT2D eigenvalue weighted by Crippen LogP contribution is 2.29. The lowest BCUT2D eigenvalue weighted by Crippen LogP contribution is -2.53. The Labute approximate surface area is 239 Å². The van der Waals surface area contributed by atoms with Crippen molar-refractivity contribution in [3.8, 4) is 0 Å². The molecule has 1 aromatic rings. The first-order chi connectivity index (χ1) is 19.4. The highest BCUT2D eigenvalue weighted by Gasteiger charge is 2.42. The largest absolute Gasteiger partial charge is 0.481 e. The lowest BCUT2D eigenvalue weighted by molar-refractivity contribution is -0.165. The molecule has 0 radical (unpaired) electrons. The van der Waals surface area contributed by atoms with Crippen molar-refractivity contribution < 1.29 is 43.3 Å². The van der Waals surface area contributed by atoms with Crippen LogP contribution < -0.4 is 11.1 Å². The number of ether oxygens (including phenoxy) is 2. The van der Waals surface area contributed by atoms with Crippen molar-refractivity contribution in [1.82, 2.24) is 4.90 Å². The molecule has 0 spiro atoms. The number of ketones is 1. The van der Waals surface area contributed by atoms with E-state index in [2.05, 4.69) is 11.9 Å². The zero-order valence-electron chi connectivity index (χ0n) is 23.6. The van der Waals surface area contributed by atoms with Gasteiger partial charge in [0, 0.05) is 24.7 Å². The second kappa shape index (κ2) is 15.7. The van der Waals surface area contributed by atoms with Crippen molar-refractivity contribution in [3.63, 3.8) is 0 Å². The maximum absolute atomic E-state index is 13.4. The number of nitrogens with two attached hydrogens (primary N) is 1. The number of aliphatic carboxylic acids is 1. The number of nitrogens with zero attached hydrogens (tertiary/aromatic N) is 1. The molecule has 12 nitrogen and oxygen atoms in total. The van der Waals surface area contributed by atoms with Crippen LogP contribution in [0.25, 0.3) is 0 Å². The van der Waals surface area contributed by atoms with E-state index in [4.69, 9.17) is 20.3 Å². The summed E-state index contributed by atoms with van der Waals surface area (Å²) in [5, 5.41) is 11.4. The minimum atomic E-state index is -1.32. The van der Waals surface area contributed by atoms with E-state index in [0.717, 1.165) is 6.08 Å². The van der Waals surface area contributed by atoms with Gasteiger partial charge in [-0.1, -0.05) is 18.7 Å². The van der Waals surface area contributed by atoms with Crippen LogP contribution in [0, 0.1) is 5.41 Å². The lowest BCUT2D eigenvalue weighted by atomic mass is 9.87. The van der Waals surface area contributed by atoms with E-state index in [1.807, 2.05) is 0 Å². The zero-order valence-corrected chi connectivity index (χ0v) is 23.6. The molecule has 0 aliphatic carbocycles. The number of hydrogen-bond acceptors (Lipinski definition) is 9. The fraction of sp³-hybridized carbons (Fsp3) is 0.517. The first-order valence-corrected chi connectivity index (χ1v) is 13.6. The molecule has 0 saturated carbocycles. The zero-order chi connectivity index (χ0) is 30.6. The molecule has 1 aliphatic heterocycles. The number of carboxylic acid groups (broad SMARTS) is 1. The van der Waals surface area contributed by atoms with Crippen molar-refractivity contribution >= 4 is 41.2 Å². The standard InChI is InChI=1S/C29H39N3O9/c1-4-25(36)40-18-29(2,3)26(37)27(38)32-16-6-5-11-21(32)28(39)41-22(12-8-15-30)19-9-7-10-20(17-19)31-23(33)13-14-24(34)35/h4,7,9-10,17,21-22H,1,5-6,8,11-16,18,30H2,2-3H3,(H,31,33)(H,34,35)/t21-,22+/m0/s1. The molecular weight excluding hydrogens is 534 g/mol. The van der Waals surface area contributed by atoms with Crippen molar-refractivity contribution in [2.75, 3.05) is 25.0 Å². The van der Waals surface area contributed by atoms with E-state index in [9.17, 15) is 28.8 Å². The molecule has 12 heteroatoms. The molecule has 1 saturated heterocycles. The van der Waals surface area contributed by atoms with Gasteiger partial charge >= 0.3 is 17.9 Å². The second-order valence-corrected chi connectivity index (χ2v) is 10.5. The first-order valence-electron chi connectivity index (χ1n) is 13.6. The summed E-state index contributed by atoms with van der Waals surface area (Å²) in [6.45, 7) is 6.48. The number of benzene rings is 1. The van der Waals surface area contributed by atoms with Gasteiger partial charge in [0.1, 0.15) is 18.8 Å². The van der Waals surface area contributed by atoms with Crippen LogP contribution in [0.1, 0.15) is 70.5 Å². The summed E-state index contributed by atoms with van der Waals surface area (Å²) in [5.74, 6) is -4.58. The third-order valence-corrected chi connectivity index (χ3v) is 6.62. The predicted octanol–water partition coefficient (Wildman–Crippen LogP) is 2.52. The minimum absolute atomic E-state index is 0.192. The summed E-state index contributed by atoms with van der Waals surface area (Å²) >= 11 is 0. The minimum Gasteiger partial charge on any atom is -0.481 e. The smallest absolute Gasteiger partial charge is 0.330 e. The van der Waals surface area contributed by atoms with Gasteiger partial charge in [-0.05, 0) is 70.2 Å². The second-order valence-electron chi connectivity index (χ2n) is 10.5. The van der Waals surface area contributed by atoms with Gasteiger partial charge in [-0.25, -0.2) is 9.59 Å². The van der Waals surface area contributed by atoms with Crippen LogP contribution in [-0.4, -0.2) is 71.3 Å². The highest BCUT2D eigenvalue weighted by molar-refractivity contribution is 6.38. The van der Waals surface area contributed by atoms with Crippen LogP contribution >= 0.6 is 0 Å². The molecule has 1 fully saturated rings. The fourth-order valence-electron chi connectivity index (χ4n) is 4.29. The summed E-state index contributed by atoms with van der Waals surface area (Å²) in [7, 11) is 0. The third-order valence-electron chi connectivity index (χ3n) is 6.62. The first kappa shape index (κ1) is 33.1. The Morgan fingerprint density at radius 2 is 1.93 bits per heavy atom. The monoisotopic (exact) mass is 573 g/mol. The molecule has 0 aromatic heterocycles. The molecular formula is C29H39N3O9. The van der Waals surface area contributed by atoms with Crippen LogP contribution in [0.3, 0.4) is 0 Å². The van der Waals surface area contributed by atoms with E-state index < -0.39 is 53.1 Å². The summed E-state index contributed by atoms with van der Waals surface area (Å²) in [6.07, 6.45) is 2.19. The average molecular weight is 574 g/mol. The number of Topliss-reactive ketones (excluding diaryl/α,β-unsaturated/α-hetero) is 1. The van der Waals surface area contributed by atoms with E-state index in [0.29, 0.717) is 49.9 Å². The fourth-order valence-corrected chi connectivity index (χ4v) is 4.29. The Morgan fingerprint density at radius 1 is 1.20 bits per heavy atom. The number of esters is 2. The number of piperidine rings is 1. The number of rotatable bonds is 15. The quantitative estimate of drug-likeness (QED) is 0.160. The number of anilines is 1. The van der Waals surface area contributed by atoms with E-state index in [1.54, 1.807) is 24.3 Å². The molecule has 1 aliphatic rings. The lowest BCUT2D eigenvalue weighted by Gasteiger charge is -2.36. The van der Waals surface area contributed by atoms with Crippen molar-refractivity contribution in [1.29, 1.82) is 0 Å². The SMILES string of the molecule is C=CC(=O)OCC(C)(C)C(=O)C(=O)N1CCCC[C@H]1C(=O)O[C@H](CCCN)c1cccc(NC(=O)CCC(=O)O)c1. The molecule has 1 heterocycles. The van der Waals surface area contributed by atoms with Crippen molar-refractivity contribution in [2.45, 2.75) is 70.9 Å². The summed E-state index contributed by atoms with van der Waals surface area (Å²) < 4.78 is 10.9. The van der Waals surface area contributed by atoms with Crippen molar-refractivity contribution in [3.05, 3.63) is 42.5 Å². The van der Waals surface area contributed by atoms with Gasteiger partial charge in [-0.2, -0.15) is 0 Å². The van der Waals surface area contributed by atoms with Crippen molar-refractivity contribution in [2.24, 2.45) is 11.1 Å². The number of nitrogens with one attached hydrogen (secondary N) is 1. The Kier molecular flexibility index (Phi) is 12.7. The molecule has 4 N–H and O–H groups in total. The third kappa shape index (κ3) is 10.1. The molecule has 1 aromatic carbocycles. The average Bonchev–Trinajstić information content (AvgIpc) is 2.96. The summed E-state index contributed by atoms with van der Waals surface area (Å²) in [6, 6.07) is 5.67. The van der Waals surface area contributed by atoms with Gasteiger partial charge in [0.2, 0.25) is 11.7 Å². The molecule has 0 unspecified atom stereocenters. The van der Waals surface area contributed by atoms with Crippen LogP contribution in [-0.2, 0) is 38.2 Å². The number of hydrogen-bond donors (Lipinski definition) is 3. The van der Waals surface area contributed by atoms with Gasteiger partial charge in [0.05, 0.1) is 11.8 Å². The van der Waals surface area contributed by atoms with Gasteiger partial charge in [-0.15, -0.1) is 0 Å². The number of carbonyl (C=O) groups excluding carboxylic acids is 5. The van der Waals surface area contributed by atoms with Crippen LogP contribution in [0.2, 0.25) is 0 Å².